The van der Waals surface area contributed by atoms with E-state index in [1.165, 1.54) is 41.5 Å². The van der Waals surface area contributed by atoms with Crippen LogP contribution in [0, 0.1) is 0 Å². The molecule has 0 spiro atoms. The number of carbonyl (C=O) groups excluding carboxylic acids is 3. The Morgan fingerprint density at radius 1 is 0.565 bits per heavy atom. The number of hydrogen-bond donors (Lipinski definition) is 0. The summed E-state index contributed by atoms with van der Waals surface area (Å²) in [5, 5.41) is 29.9. The summed E-state index contributed by atoms with van der Waals surface area (Å²) in [5.41, 5.74) is 0. The third kappa shape index (κ3) is 63.0. The second kappa shape index (κ2) is 20.8. The first-order chi connectivity index (χ1) is 9.38. The molecular weight excluding hydrogens is 490 g/mol. The minimum absolute atomic E-state index is 0. The van der Waals surface area contributed by atoms with Gasteiger partial charge in [0.1, 0.15) is 0 Å². The summed E-state index contributed by atoms with van der Waals surface area (Å²) >= 11 is 0. The minimum atomic E-state index is -0.187. The first-order valence-electron chi connectivity index (χ1n) is 5.96. The van der Waals surface area contributed by atoms with E-state index < -0.39 is 0 Å². The van der Waals surface area contributed by atoms with Gasteiger partial charge in [-0.1, -0.05) is 20.8 Å². The van der Waals surface area contributed by atoms with Gasteiger partial charge in [-0.3, -0.25) is 14.4 Å². The molecule has 0 atom stereocenters. The van der Waals surface area contributed by atoms with Crippen LogP contribution in [0.5, 0.6) is 0 Å². The van der Waals surface area contributed by atoms with Gasteiger partial charge in [-0.15, -0.1) is 17.3 Å². The van der Waals surface area contributed by atoms with Crippen molar-refractivity contribution in [2.45, 2.75) is 41.5 Å². The maximum atomic E-state index is 9.98. The van der Waals surface area contributed by atoms with Crippen LogP contribution in [0.3, 0.4) is 0 Å². The molecule has 0 fully saturated rings. The zero-order valence-electron chi connectivity index (χ0n) is 14.1. The summed E-state index contributed by atoms with van der Waals surface area (Å²) in [4.78, 5) is 29.9. The molecule has 8 heteroatoms. The Morgan fingerprint density at radius 3 is 0.696 bits per heavy atom. The van der Waals surface area contributed by atoms with E-state index in [4.69, 9.17) is 0 Å². The number of allylic oxidation sites excluding steroid dienone is 6. The molecular formula is C15H21ClHfO6. The monoisotopic (exact) mass is 512 g/mol. The molecule has 0 saturated heterocycles. The van der Waals surface area contributed by atoms with Gasteiger partial charge >= 0.3 is 25.8 Å². The van der Waals surface area contributed by atoms with E-state index in [0.29, 0.717) is 0 Å². The molecule has 0 aliphatic carbocycles. The van der Waals surface area contributed by atoms with Gasteiger partial charge in [0.05, 0.1) is 0 Å². The van der Waals surface area contributed by atoms with Crippen LogP contribution in [0.4, 0.5) is 0 Å². The van der Waals surface area contributed by atoms with E-state index in [2.05, 4.69) is 0 Å². The number of rotatable bonds is 3. The van der Waals surface area contributed by atoms with Crippen LogP contribution in [0.1, 0.15) is 41.5 Å². The smallest absolute Gasteiger partial charge is 1.00 e. The van der Waals surface area contributed by atoms with Crippen molar-refractivity contribution in [1.82, 2.24) is 0 Å². The molecule has 0 saturated carbocycles. The van der Waals surface area contributed by atoms with Crippen molar-refractivity contribution in [1.29, 1.82) is 0 Å². The number of ketones is 3. The molecule has 0 aromatic carbocycles. The zero-order chi connectivity index (χ0) is 17.6. The molecule has 0 bridgehead atoms. The fourth-order valence-corrected chi connectivity index (χ4v) is 0.859. The van der Waals surface area contributed by atoms with Crippen LogP contribution >= 0.6 is 0 Å². The van der Waals surface area contributed by atoms with Crippen LogP contribution in [0.25, 0.3) is 0 Å². The van der Waals surface area contributed by atoms with Gasteiger partial charge in [-0.2, -0.15) is 0 Å². The van der Waals surface area contributed by atoms with E-state index in [1.54, 1.807) is 0 Å². The summed E-state index contributed by atoms with van der Waals surface area (Å²) in [6.45, 7) is 8.09. The van der Waals surface area contributed by atoms with Gasteiger partial charge in [0.15, 0.2) is 17.3 Å². The SMILES string of the molecule is CC(=O)C=C(C)[O-].CC(=O)C=C(C)[O-].CC(=O)C=C(C)[O-].[Cl-].[Hf+4]. The number of hydrogen-bond acceptors (Lipinski definition) is 6. The summed E-state index contributed by atoms with van der Waals surface area (Å²) < 4.78 is 0. The first-order valence-corrected chi connectivity index (χ1v) is 5.96. The Morgan fingerprint density at radius 2 is 0.696 bits per heavy atom. The fraction of sp³-hybridized carbons (Fsp3) is 0.400. The molecule has 0 aromatic rings. The van der Waals surface area contributed by atoms with Crippen LogP contribution in [-0.2, 0) is 40.2 Å². The van der Waals surface area contributed by atoms with E-state index >= 15 is 0 Å². The first kappa shape index (κ1) is 33.4. The molecule has 0 unspecified atom stereocenters. The van der Waals surface area contributed by atoms with Crippen LogP contribution in [0.2, 0.25) is 0 Å². The van der Waals surface area contributed by atoms with Crippen molar-refractivity contribution < 1.29 is 68.0 Å². The Hall–Kier alpha value is -1.21. The quantitative estimate of drug-likeness (QED) is 0.221. The zero-order valence-corrected chi connectivity index (χ0v) is 18.4. The molecule has 6 nitrogen and oxygen atoms in total. The van der Waals surface area contributed by atoms with Crippen molar-refractivity contribution >= 4 is 17.3 Å². The molecule has 0 N–H and O–H groups in total. The second-order valence-electron chi connectivity index (χ2n) is 4.10. The number of carbonyl (C=O) groups is 3. The molecule has 0 aliphatic rings. The molecule has 0 radical (unpaired) electrons. The predicted molar refractivity (Wildman–Crippen MR) is 73.3 cm³/mol. The molecule has 128 valence electrons. The minimum Gasteiger partial charge on any atom is -1.00 e. The largest absolute Gasteiger partial charge is 4.00 e. The Bertz CT molecular complexity index is 374. The Balaban J connectivity index is -0.0000000675. The van der Waals surface area contributed by atoms with Crippen molar-refractivity contribution in [3.63, 3.8) is 0 Å². The average Bonchev–Trinajstić information content (AvgIpc) is 2.10. The van der Waals surface area contributed by atoms with Crippen molar-refractivity contribution in [3.8, 4) is 0 Å². The molecule has 0 aromatic heterocycles. The van der Waals surface area contributed by atoms with Gasteiger partial charge in [-0.05, 0) is 39.0 Å². The molecule has 0 aliphatic heterocycles. The topological polar surface area (TPSA) is 120 Å². The maximum absolute atomic E-state index is 9.98. The van der Waals surface area contributed by atoms with Crippen molar-refractivity contribution in [2.24, 2.45) is 0 Å². The van der Waals surface area contributed by atoms with E-state index in [1.807, 2.05) is 0 Å². The summed E-state index contributed by atoms with van der Waals surface area (Å²) in [6.07, 6.45) is 3.17. The molecule has 0 rings (SSSR count). The van der Waals surface area contributed by atoms with E-state index in [0.717, 1.165) is 18.2 Å². The molecule has 0 amide bonds. The van der Waals surface area contributed by atoms with Crippen LogP contribution in [0.15, 0.2) is 35.5 Å². The summed E-state index contributed by atoms with van der Waals surface area (Å²) in [7, 11) is 0. The van der Waals surface area contributed by atoms with Gasteiger partial charge in [0.25, 0.3) is 0 Å². The molecule has 0 heterocycles. The predicted octanol–water partition coefficient (Wildman–Crippen LogP) is -3.48. The third-order valence-electron chi connectivity index (χ3n) is 1.22. The van der Waals surface area contributed by atoms with E-state index in [-0.39, 0.29) is 72.9 Å². The van der Waals surface area contributed by atoms with Crippen LogP contribution < -0.4 is 27.7 Å². The number of halogens is 1. The standard InChI is InChI=1S/3C5H8O2.ClH.Hf/c3*1-4(6)3-5(2)7;;/h3*3,6H,1-2H3;1H;/q;;;;+4/p-4. The second-order valence-corrected chi connectivity index (χ2v) is 4.10. The average molecular weight is 511 g/mol. The van der Waals surface area contributed by atoms with Crippen LogP contribution in [-0.4, -0.2) is 17.3 Å². The normalized spacial score (nSPS) is 10.4. The van der Waals surface area contributed by atoms with Crippen molar-refractivity contribution in [2.75, 3.05) is 0 Å². The van der Waals surface area contributed by atoms with Gasteiger partial charge in [-0.25, -0.2) is 0 Å². The summed E-state index contributed by atoms with van der Waals surface area (Å²) in [6, 6.07) is 0. The Labute approximate surface area is 162 Å². The van der Waals surface area contributed by atoms with Gasteiger partial charge in [0.2, 0.25) is 0 Å². The van der Waals surface area contributed by atoms with Gasteiger partial charge < -0.3 is 27.7 Å². The van der Waals surface area contributed by atoms with Gasteiger partial charge in [0, 0.05) is 0 Å². The molecule has 23 heavy (non-hydrogen) atoms. The third-order valence-corrected chi connectivity index (χ3v) is 1.22. The van der Waals surface area contributed by atoms with Crippen molar-refractivity contribution in [3.05, 3.63) is 35.5 Å². The van der Waals surface area contributed by atoms with E-state index in [9.17, 15) is 29.7 Å². The fourth-order valence-electron chi connectivity index (χ4n) is 0.859. The Kier molecular flexibility index (Phi) is 30.2. The maximum Gasteiger partial charge on any atom is 4.00 e. The summed E-state index contributed by atoms with van der Waals surface area (Å²) in [5.74, 6) is -1.12.